The van der Waals surface area contributed by atoms with Crippen LogP contribution < -0.4 is 10.9 Å². The lowest BCUT2D eigenvalue weighted by Gasteiger charge is -2.18. The van der Waals surface area contributed by atoms with Crippen molar-refractivity contribution < 1.29 is 9.32 Å². The number of unbranched alkanes of at least 4 members (excludes halogenated alkanes) is 1. The summed E-state index contributed by atoms with van der Waals surface area (Å²) < 4.78 is 6.71. The Morgan fingerprint density at radius 2 is 2.07 bits per heavy atom. The molecule has 1 N–H and O–H groups in total. The Hall–Kier alpha value is -2.61. The molecule has 1 amide bonds. The number of carbonyl (C=O) groups excluding carboxylic acids is 1. The van der Waals surface area contributed by atoms with Crippen LogP contribution in [0.1, 0.15) is 45.3 Å². The lowest BCUT2D eigenvalue weighted by molar-refractivity contribution is -0.115. The maximum atomic E-state index is 13.0. The lowest BCUT2D eigenvalue weighted by atomic mass is 10.2. The van der Waals surface area contributed by atoms with Gasteiger partial charge in [0.1, 0.15) is 5.76 Å². The molecule has 0 spiro atoms. The van der Waals surface area contributed by atoms with Crippen molar-refractivity contribution in [2.45, 2.75) is 63.4 Å². The van der Waals surface area contributed by atoms with Crippen LogP contribution in [0.3, 0.4) is 0 Å². The van der Waals surface area contributed by atoms with Gasteiger partial charge in [-0.15, -0.1) is 0 Å². The minimum absolute atomic E-state index is 0.0678. The SMILES string of the molecule is CCCCC(Sc1nc2ccccc2c(=O)n1CCC)C(=O)Nc1cc(C)on1. The first-order valence-corrected chi connectivity index (χ1v) is 10.8. The number of thioether (sulfide) groups is 1. The van der Waals surface area contributed by atoms with E-state index in [1.807, 2.05) is 25.1 Å². The average Bonchev–Trinajstić information content (AvgIpc) is 3.12. The second-order valence-corrected chi connectivity index (χ2v) is 8.10. The van der Waals surface area contributed by atoms with Crippen LogP contribution in [-0.2, 0) is 11.3 Å². The maximum Gasteiger partial charge on any atom is 0.262 e. The number of hydrogen-bond donors (Lipinski definition) is 1. The van der Waals surface area contributed by atoms with E-state index in [0.29, 0.717) is 40.6 Å². The summed E-state index contributed by atoms with van der Waals surface area (Å²) in [6.45, 7) is 6.43. The third-order valence-corrected chi connectivity index (χ3v) is 5.77. The quantitative estimate of drug-likeness (QED) is 0.412. The number of hydrogen-bond acceptors (Lipinski definition) is 6. The van der Waals surface area contributed by atoms with Crippen molar-refractivity contribution >= 4 is 34.4 Å². The first-order valence-electron chi connectivity index (χ1n) is 9.93. The molecule has 0 aliphatic heterocycles. The number of amides is 1. The number of rotatable bonds is 9. The zero-order chi connectivity index (χ0) is 20.8. The molecule has 0 radical (unpaired) electrons. The molecule has 3 aromatic rings. The van der Waals surface area contributed by atoms with Crippen LogP contribution in [-0.4, -0.2) is 25.9 Å². The largest absolute Gasteiger partial charge is 0.360 e. The Morgan fingerprint density at radius 3 is 2.76 bits per heavy atom. The van der Waals surface area contributed by atoms with Gasteiger partial charge in [0.15, 0.2) is 11.0 Å². The standard InChI is InChI=1S/C21H26N4O3S/c1-4-6-11-17(19(26)23-18-13-14(3)28-24-18)29-21-22-16-10-8-7-9-15(16)20(27)25(21)12-5-2/h7-10,13,17H,4-6,11-12H2,1-3H3,(H,23,24,26). The fourth-order valence-corrected chi connectivity index (χ4v) is 4.21. The third kappa shape index (κ3) is 5.06. The van der Waals surface area contributed by atoms with Crippen LogP contribution in [0, 0.1) is 6.92 Å². The van der Waals surface area contributed by atoms with Crippen molar-refractivity contribution in [3.8, 4) is 0 Å². The number of nitrogens with one attached hydrogen (secondary N) is 1. The monoisotopic (exact) mass is 414 g/mol. The number of para-hydroxylation sites is 1. The van der Waals surface area contributed by atoms with E-state index in [-0.39, 0.29) is 16.7 Å². The normalized spacial score (nSPS) is 12.2. The molecular weight excluding hydrogens is 388 g/mol. The minimum atomic E-state index is -0.386. The van der Waals surface area contributed by atoms with E-state index < -0.39 is 0 Å². The molecule has 2 heterocycles. The number of nitrogens with zero attached hydrogens (tertiary/aromatic N) is 3. The summed E-state index contributed by atoms with van der Waals surface area (Å²) in [7, 11) is 0. The summed E-state index contributed by atoms with van der Waals surface area (Å²) in [5, 5.41) is 7.44. The smallest absolute Gasteiger partial charge is 0.262 e. The molecular formula is C21H26N4O3S. The summed E-state index contributed by atoms with van der Waals surface area (Å²) in [6, 6.07) is 9.00. The highest BCUT2D eigenvalue weighted by atomic mass is 32.2. The zero-order valence-corrected chi connectivity index (χ0v) is 17.8. The van der Waals surface area contributed by atoms with E-state index in [2.05, 4.69) is 17.4 Å². The van der Waals surface area contributed by atoms with Gasteiger partial charge in [-0.2, -0.15) is 0 Å². The molecule has 1 unspecified atom stereocenters. The second-order valence-electron chi connectivity index (χ2n) is 6.93. The highest BCUT2D eigenvalue weighted by Gasteiger charge is 2.24. The fraction of sp³-hybridized carbons (Fsp3) is 0.429. The second kappa shape index (κ2) is 9.73. The summed E-state index contributed by atoms with van der Waals surface area (Å²) in [4.78, 5) is 30.6. The van der Waals surface area contributed by atoms with E-state index >= 15 is 0 Å². The molecule has 8 heteroatoms. The predicted molar refractivity (Wildman–Crippen MR) is 115 cm³/mol. The third-order valence-electron chi connectivity index (χ3n) is 4.51. The minimum Gasteiger partial charge on any atom is -0.360 e. The van der Waals surface area contributed by atoms with E-state index in [4.69, 9.17) is 9.51 Å². The highest BCUT2D eigenvalue weighted by Crippen LogP contribution is 2.27. The molecule has 0 bridgehead atoms. The van der Waals surface area contributed by atoms with E-state index in [1.165, 1.54) is 11.8 Å². The van der Waals surface area contributed by atoms with Crippen molar-refractivity contribution in [2.75, 3.05) is 5.32 Å². The summed E-state index contributed by atoms with van der Waals surface area (Å²) >= 11 is 1.34. The van der Waals surface area contributed by atoms with E-state index in [0.717, 1.165) is 19.3 Å². The van der Waals surface area contributed by atoms with Gasteiger partial charge in [-0.1, -0.05) is 55.7 Å². The van der Waals surface area contributed by atoms with Gasteiger partial charge in [0.25, 0.3) is 5.56 Å². The molecule has 7 nitrogen and oxygen atoms in total. The first-order chi connectivity index (χ1) is 14.0. The Labute approximate surface area is 173 Å². The molecule has 1 aromatic carbocycles. The molecule has 3 rings (SSSR count). The molecule has 0 saturated heterocycles. The molecule has 0 saturated carbocycles. The van der Waals surface area contributed by atoms with Crippen molar-refractivity contribution in [1.82, 2.24) is 14.7 Å². The Kier molecular flexibility index (Phi) is 7.09. The topological polar surface area (TPSA) is 90.0 Å². The predicted octanol–water partition coefficient (Wildman–Crippen LogP) is 4.39. The highest BCUT2D eigenvalue weighted by molar-refractivity contribution is 8.00. The number of aryl methyl sites for hydroxylation is 1. The number of fused-ring (bicyclic) bond motifs is 1. The van der Waals surface area contributed by atoms with Gasteiger partial charge < -0.3 is 9.84 Å². The molecule has 0 aliphatic rings. The molecule has 154 valence electrons. The summed E-state index contributed by atoms with van der Waals surface area (Å²) in [5.74, 6) is 0.861. The van der Waals surface area contributed by atoms with Crippen LogP contribution in [0.25, 0.3) is 10.9 Å². The number of aromatic nitrogens is 3. The van der Waals surface area contributed by atoms with Gasteiger partial charge in [-0.3, -0.25) is 14.2 Å². The fourth-order valence-electron chi connectivity index (χ4n) is 3.05. The number of carbonyl (C=O) groups is 1. The van der Waals surface area contributed by atoms with Crippen LogP contribution in [0.4, 0.5) is 5.82 Å². The van der Waals surface area contributed by atoms with Gasteiger partial charge in [0, 0.05) is 12.6 Å². The van der Waals surface area contributed by atoms with Gasteiger partial charge in [-0.05, 0) is 31.9 Å². The summed E-state index contributed by atoms with van der Waals surface area (Å²) in [5.41, 5.74) is 0.579. The van der Waals surface area contributed by atoms with Crippen molar-refractivity contribution in [2.24, 2.45) is 0 Å². The molecule has 0 aliphatic carbocycles. The van der Waals surface area contributed by atoms with Crippen molar-refractivity contribution in [1.29, 1.82) is 0 Å². The zero-order valence-electron chi connectivity index (χ0n) is 17.0. The van der Waals surface area contributed by atoms with Gasteiger partial charge in [0.2, 0.25) is 5.91 Å². The molecule has 2 aromatic heterocycles. The van der Waals surface area contributed by atoms with Crippen LogP contribution in [0.5, 0.6) is 0 Å². The van der Waals surface area contributed by atoms with Crippen LogP contribution in [0.15, 0.2) is 44.8 Å². The number of anilines is 1. The van der Waals surface area contributed by atoms with Gasteiger partial charge >= 0.3 is 0 Å². The number of benzene rings is 1. The Balaban J connectivity index is 1.93. The van der Waals surface area contributed by atoms with Crippen LogP contribution in [0.2, 0.25) is 0 Å². The molecule has 29 heavy (non-hydrogen) atoms. The van der Waals surface area contributed by atoms with E-state index in [1.54, 1.807) is 23.6 Å². The van der Waals surface area contributed by atoms with Gasteiger partial charge in [-0.25, -0.2) is 4.98 Å². The lowest BCUT2D eigenvalue weighted by Crippen LogP contribution is -2.28. The maximum absolute atomic E-state index is 13.0. The molecule has 0 fully saturated rings. The van der Waals surface area contributed by atoms with Gasteiger partial charge in [0.05, 0.1) is 16.2 Å². The van der Waals surface area contributed by atoms with E-state index in [9.17, 15) is 9.59 Å². The summed E-state index contributed by atoms with van der Waals surface area (Å²) in [6.07, 6.45) is 3.35. The molecule has 1 atom stereocenters. The Bertz CT molecular complexity index is 1040. The first kappa shape index (κ1) is 21.1. The average molecular weight is 415 g/mol. The Morgan fingerprint density at radius 1 is 1.28 bits per heavy atom. The van der Waals surface area contributed by atoms with Crippen LogP contribution >= 0.6 is 11.8 Å². The van der Waals surface area contributed by atoms with Crippen molar-refractivity contribution in [3.05, 3.63) is 46.4 Å². The van der Waals surface area contributed by atoms with Crippen molar-refractivity contribution in [3.63, 3.8) is 0 Å².